The van der Waals surface area contributed by atoms with E-state index in [1.54, 1.807) is 11.8 Å². The molecule has 0 aliphatic carbocycles. The molecule has 4 heteroatoms. The van der Waals surface area contributed by atoms with Crippen molar-refractivity contribution in [2.45, 2.75) is 23.6 Å². The number of quaternary nitrogens is 1. The number of rotatable bonds is 4. The second-order valence-electron chi connectivity index (χ2n) is 5.76. The number of nitrogens with zero attached hydrogens (tertiary/aromatic N) is 1. The number of halogens is 1. The molecule has 1 heterocycles. The van der Waals surface area contributed by atoms with Crippen LogP contribution in [0.1, 0.15) is 13.8 Å². The summed E-state index contributed by atoms with van der Waals surface area (Å²) in [5.74, 6) is 6.70. The lowest BCUT2D eigenvalue weighted by atomic mass is 10.2. The third-order valence-electron chi connectivity index (χ3n) is 4.29. The van der Waals surface area contributed by atoms with E-state index in [2.05, 4.69) is 60.9 Å². The average Bonchev–Trinajstić information content (AvgIpc) is 2.61. The Hall–Kier alpha value is -1.60. The largest absolute Gasteiger partial charge is 0.328 e. The quantitative estimate of drug-likeness (QED) is 0.831. The molecular weight excluding hydrogens is 336 g/mol. The predicted octanol–water partition coefficient (Wildman–Crippen LogP) is 3.87. The van der Waals surface area contributed by atoms with Crippen molar-refractivity contribution in [2.24, 2.45) is 0 Å². The molecule has 1 aliphatic rings. The SMILES string of the molecule is CC[NH+](CC)CC#CCN1c2ccccc2Sc2ccc(Cl)cc21. The van der Waals surface area contributed by atoms with Crippen molar-refractivity contribution >= 4 is 34.7 Å². The van der Waals surface area contributed by atoms with Gasteiger partial charge >= 0.3 is 0 Å². The molecule has 0 aromatic heterocycles. The van der Waals surface area contributed by atoms with Gasteiger partial charge in [0.25, 0.3) is 0 Å². The number of hydrogen-bond donors (Lipinski definition) is 1. The summed E-state index contributed by atoms with van der Waals surface area (Å²) >= 11 is 8.03. The second kappa shape index (κ2) is 7.98. The minimum Gasteiger partial charge on any atom is -0.328 e. The molecular formula is C20H22ClN2S+. The van der Waals surface area contributed by atoms with Gasteiger partial charge in [-0.3, -0.25) is 0 Å². The van der Waals surface area contributed by atoms with E-state index in [9.17, 15) is 0 Å². The van der Waals surface area contributed by atoms with E-state index in [4.69, 9.17) is 11.6 Å². The lowest BCUT2D eigenvalue weighted by molar-refractivity contribution is -0.889. The highest BCUT2D eigenvalue weighted by molar-refractivity contribution is 7.99. The van der Waals surface area contributed by atoms with Crippen LogP contribution >= 0.6 is 23.4 Å². The van der Waals surface area contributed by atoms with Crippen LogP contribution in [0.25, 0.3) is 0 Å². The van der Waals surface area contributed by atoms with Crippen LogP contribution in [0.2, 0.25) is 5.02 Å². The first-order valence-corrected chi connectivity index (χ1v) is 9.55. The highest BCUT2D eigenvalue weighted by Crippen LogP contribution is 2.48. The fraction of sp³-hybridized carbons (Fsp3) is 0.300. The maximum atomic E-state index is 6.23. The molecule has 0 unspecified atom stereocenters. The molecule has 0 spiro atoms. The Kier molecular flexibility index (Phi) is 5.73. The van der Waals surface area contributed by atoms with Crippen LogP contribution in [-0.4, -0.2) is 26.2 Å². The van der Waals surface area contributed by atoms with E-state index in [0.717, 1.165) is 30.3 Å². The van der Waals surface area contributed by atoms with Gasteiger partial charge in [-0.05, 0) is 50.1 Å². The number of fused-ring (bicyclic) bond motifs is 2. The molecule has 24 heavy (non-hydrogen) atoms. The van der Waals surface area contributed by atoms with E-state index in [-0.39, 0.29) is 0 Å². The number of anilines is 2. The van der Waals surface area contributed by atoms with Crippen LogP contribution in [0.3, 0.4) is 0 Å². The Labute approximate surface area is 153 Å². The van der Waals surface area contributed by atoms with Gasteiger partial charge in [-0.2, -0.15) is 0 Å². The summed E-state index contributed by atoms with van der Waals surface area (Å²) in [5.41, 5.74) is 2.36. The Morgan fingerprint density at radius 3 is 2.54 bits per heavy atom. The average molecular weight is 358 g/mol. The molecule has 0 saturated heterocycles. The summed E-state index contributed by atoms with van der Waals surface area (Å²) in [6.07, 6.45) is 0. The fourth-order valence-corrected chi connectivity index (χ4v) is 4.04. The highest BCUT2D eigenvalue weighted by atomic mass is 35.5. The molecule has 1 aliphatic heterocycles. The fourth-order valence-electron chi connectivity index (χ4n) is 2.80. The van der Waals surface area contributed by atoms with E-state index < -0.39 is 0 Å². The van der Waals surface area contributed by atoms with Gasteiger partial charge in [0, 0.05) is 14.8 Å². The van der Waals surface area contributed by atoms with Gasteiger partial charge in [0.2, 0.25) is 0 Å². The van der Waals surface area contributed by atoms with Crippen LogP contribution < -0.4 is 9.80 Å². The summed E-state index contributed by atoms with van der Waals surface area (Å²) < 4.78 is 0. The zero-order valence-corrected chi connectivity index (χ0v) is 15.7. The minimum absolute atomic E-state index is 0.686. The van der Waals surface area contributed by atoms with Crippen LogP contribution in [0.5, 0.6) is 0 Å². The summed E-state index contributed by atoms with van der Waals surface area (Å²) in [5, 5.41) is 0.763. The topological polar surface area (TPSA) is 7.68 Å². The van der Waals surface area contributed by atoms with Gasteiger partial charge in [0.15, 0.2) is 0 Å². The maximum Gasteiger partial charge on any atom is 0.139 e. The number of para-hydroxylation sites is 1. The minimum atomic E-state index is 0.686. The van der Waals surface area contributed by atoms with Crippen molar-refractivity contribution in [3.63, 3.8) is 0 Å². The molecule has 0 amide bonds. The van der Waals surface area contributed by atoms with E-state index in [1.807, 2.05) is 12.1 Å². The van der Waals surface area contributed by atoms with Gasteiger partial charge in [0.1, 0.15) is 6.54 Å². The van der Waals surface area contributed by atoms with Crippen molar-refractivity contribution < 1.29 is 4.90 Å². The first kappa shape index (κ1) is 17.2. The van der Waals surface area contributed by atoms with Gasteiger partial charge in [-0.15, -0.1) is 0 Å². The lowest BCUT2D eigenvalue weighted by Crippen LogP contribution is -3.11. The van der Waals surface area contributed by atoms with Crippen molar-refractivity contribution in [3.8, 4) is 11.8 Å². The van der Waals surface area contributed by atoms with Gasteiger partial charge in [-0.1, -0.05) is 41.4 Å². The standard InChI is InChI=1S/C20H21ClN2S/c1-3-22(4-2)13-7-8-14-23-17-9-5-6-10-19(17)24-20-12-11-16(21)15-18(20)23/h5-6,9-12,15H,3-4,13-14H2,1-2H3/p+1. The Balaban J connectivity index is 1.87. The lowest BCUT2D eigenvalue weighted by Gasteiger charge is -2.31. The first-order valence-electron chi connectivity index (χ1n) is 8.36. The van der Waals surface area contributed by atoms with Gasteiger partial charge < -0.3 is 9.80 Å². The monoisotopic (exact) mass is 357 g/mol. The van der Waals surface area contributed by atoms with E-state index in [1.165, 1.54) is 20.4 Å². The maximum absolute atomic E-state index is 6.23. The van der Waals surface area contributed by atoms with Crippen molar-refractivity contribution in [1.82, 2.24) is 0 Å². The molecule has 2 aromatic carbocycles. The molecule has 0 radical (unpaired) electrons. The van der Waals surface area contributed by atoms with Crippen LogP contribution in [0.15, 0.2) is 52.3 Å². The van der Waals surface area contributed by atoms with Crippen LogP contribution in [-0.2, 0) is 0 Å². The zero-order valence-electron chi connectivity index (χ0n) is 14.1. The van der Waals surface area contributed by atoms with Crippen molar-refractivity contribution in [3.05, 3.63) is 47.5 Å². The van der Waals surface area contributed by atoms with Crippen molar-refractivity contribution in [1.29, 1.82) is 0 Å². The normalized spacial score (nSPS) is 12.4. The van der Waals surface area contributed by atoms with Gasteiger partial charge in [0.05, 0.1) is 31.0 Å². The van der Waals surface area contributed by atoms with Crippen LogP contribution in [0, 0.1) is 11.8 Å². The number of benzene rings is 2. The Morgan fingerprint density at radius 2 is 1.75 bits per heavy atom. The molecule has 0 fully saturated rings. The molecule has 0 saturated carbocycles. The summed E-state index contributed by atoms with van der Waals surface area (Å²) in [7, 11) is 0. The van der Waals surface area contributed by atoms with E-state index >= 15 is 0 Å². The third kappa shape index (κ3) is 3.72. The third-order valence-corrected chi connectivity index (χ3v) is 5.65. The second-order valence-corrected chi connectivity index (χ2v) is 7.28. The first-order chi connectivity index (χ1) is 11.7. The summed E-state index contributed by atoms with van der Waals surface area (Å²) in [6, 6.07) is 14.6. The van der Waals surface area contributed by atoms with Gasteiger partial charge in [-0.25, -0.2) is 0 Å². The smallest absolute Gasteiger partial charge is 0.139 e. The Morgan fingerprint density at radius 1 is 1.00 bits per heavy atom. The van der Waals surface area contributed by atoms with Crippen LogP contribution in [0.4, 0.5) is 11.4 Å². The number of nitrogens with one attached hydrogen (secondary N) is 1. The Bertz CT molecular complexity index is 775. The number of hydrogen-bond acceptors (Lipinski definition) is 2. The van der Waals surface area contributed by atoms with E-state index in [0.29, 0.717) is 6.54 Å². The summed E-state index contributed by atoms with van der Waals surface area (Å²) in [4.78, 5) is 6.29. The van der Waals surface area contributed by atoms with Crippen molar-refractivity contribution in [2.75, 3.05) is 31.1 Å². The molecule has 0 bridgehead atoms. The highest BCUT2D eigenvalue weighted by Gasteiger charge is 2.22. The molecule has 1 N–H and O–H groups in total. The summed E-state index contributed by atoms with van der Waals surface area (Å²) in [6.45, 7) is 8.23. The predicted molar refractivity (Wildman–Crippen MR) is 104 cm³/mol. The molecule has 0 atom stereocenters. The molecule has 2 nitrogen and oxygen atoms in total. The zero-order chi connectivity index (χ0) is 16.9. The molecule has 2 aromatic rings. The molecule has 124 valence electrons. The molecule has 3 rings (SSSR count).